The standard InChI is InChI=1S/C14H9ClF3NO/c1-7-6-8(2-4-10(7)16)19-14(20)9-3-5-11(17)12(15)13(9)18/h2-6H,1H3,(H,19,20). The summed E-state index contributed by atoms with van der Waals surface area (Å²) in [5.41, 5.74) is 0.243. The van der Waals surface area contributed by atoms with Gasteiger partial charge in [0.05, 0.1) is 5.56 Å². The average Bonchev–Trinajstić information content (AvgIpc) is 2.40. The largest absolute Gasteiger partial charge is 0.322 e. The number of halogens is 4. The van der Waals surface area contributed by atoms with Crippen LogP contribution in [0.15, 0.2) is 30.3 Å². The van der Waals surface area contributed by atoms with E-state index in [-0.39, 0.29) is 0 Å². The van der Waals surface area contributed by atoms with E-state index in [4.69, 9.17) is 11.6 Å². The zero-order valence-corrected chi connectivity index (χ0v) is 11.1. The summed E-state index contributed by atoms with van der Waals surface area (Å²) in [5.74, 6) is -3.30. The summed E-state index contributed by atoms with van der Waals surface area (Å²) in [7, 11) is 0. The molecule has 2 aromatic rings. The molecule has 2 nitrogen and oxygen atoms in total. The van der Waals surface area contributed by atoms with Crippen LogP contribution in [0.25, 0.3) is 0 Å². The molecule has 104 valence electrons. The summed E-state index contributed by atoms with van der Waals surface area (Å²) in [5, 5.41) is 1.64. The van der Waals surface area contributed by atoms with Crippen molar-refractivity contribution in [2.75, 3.05) is 5.32 Å². The van der Waals surface area contributed by atoms with Crippen molar-refractivity contribution in [3.63, 3.8) is 0 Å². The molecule has 0 aliphatic heterocycles. The first-order valence-corrected chi connectivity index (χ1v) is 5.99. The minimum Gasteiger partial charge on any atom is -0.322 e. The van der Waals surface area contributed by atoms with Gasteiger partial charge in [-0.3, -0.25) is 4.79 Å². The van der Waals surface area contributed by atoms with E-state index in [0.29, 0.717) is 11.3 Å². The molecule has 0 atom stereocenters. The van der Waals surface area contributed by atoms with E-state index < -0.39 is 33.9 Å². The summed E-state index contributed by atoms with van der Waals surface area (Å²) < 4.78 is 39.8. The second-order valence-corrected chi connectivity index (χ2v) is 4.52. The van der Waals surface area contributed by atoms with Gasteiger partial charge in [0.1, 0.15) is 16.7 Å². The Morgan fingerprint density at radius 1 is 1.10 bits per heavy atom. The Morgan fingerprint density at radius 2 is 1.75 bits per heavy atom. The molecule has 0 aromatic heterocycles. The molecular weight excluding hydrogens is 291 g/mol. The first-order chi connectivity index (χ1) is 9.40. The van der Waals surface area contributed by atoms with E-state index in [1.807, 2.05) is 0 Å². The number of carbonyl (C=O) groups is 1. The number of benzene rings is 2. The first-order valence-electron chi connectivity index (χ1n) is 5.61. The summed E-state index contributed by atoms with van der Waals surface area (Å²) in [6.45, 7) is 1.53. The molecule has 0 spiro atoms. The number of amides is 1. The minimum absolute atomic E-state index is 0.300. The molecule has 0 fully saturated rings. The molecule has 0 bridgehead atoms. The second kappa shape index (κ2) is 5.54. The van der Waals surface area contributed by atoms with Gasteiger partial charge in [-0.2, -0.15) is 0 Å². The fraction of sp³-hybridized carbons (Fsp3) is 0.0714. The highest BCUT2D eigenvalue weighted by atomic mass is 35.5. The summed E-state index contributed by atoms with van der Waals surface area (Å²) in [6, 6.07) is 5.80. The number of hydrogen-bond acceptors (Lipinski definition) is 1. The molecule has 1 amide bonds. The van der Waals surface area contributed by atoms with Crippen LogP contribution in [0.4, 0.5) is 18.9 Å². The SMILES string of the molecule is Cc1cc(NC(=O)c2ccc(F)c(Cl)c2F)ccc1F. The zero-order chi connectivity index (χ0) is 14.9. The van der Waals surface area contributed by atoms with Crippen LogP contribution in [0, 0.1) is 24.4 Å². The quantitative estimate of drug-likeness (QED) is 0.822. The highest BCUT2D eigenvalue weighted by molar-refractivity contribution is 6.31. The summed E-state index contributed by atoms with van der Waals surface area (Å²) in [6.07, 6.45) is 0. The van der Waals surface area contributed by atoms with Gasteiger partial charge in [0.2, 0.25) is 0 Å². The lowest BCUT2D eigenvalue weighted by Crippen LogP contribution is -2.14. The molecule has 1 N–H and O–H groups in total. The van der Waals surface area contributed by atoms with Crippen LogP contribution in [0.2, 0.25) is 5.02 Å². The Bertz CT molecular complexity index is 688. The molecule has 20 heavy (non-hydrogen) atoms. The lowest BCUT2D eigenvalue weighted by Gasteiger charge is -2.08. The maximum absolute atomic E-state index is 13.7. The van der Waals surface area contributed by atoms with Crippen LogP contribution >= 0.6 is 11.6 Å². The molecule has 2 rings (SSSR count). The van der Waals surface area contributed by atoms with Gasteiger partial charge >= 0.3 is 0 Å². The minimum atomic E-state index is -1.14. The van der Waals surface area contributed by atoms with Crippen LogP contribution in [-0.4, -0.2) is 5.91 Å². The van der Waals surface area contributed by atoms with Gasteiger partial charge < -0.3 is 5.32 Å². The van der Waals surface area contributed by atoms with Crippen LogP contribution in [-0.2, 0) is 0 Å². The number of carbonyl (C=O) groups excluding carboxylic acids is 1. The third kappa shape index (κ3) is 2.77. The maximum atomic E-state index is 13.7. The van der Waals surface area contributed by atoms with Gasteiger partial charge in [0, 0.05) is 5.69 Å². The van der Waals surface area contributed by atoms with Crippen molar-refractivity contribution in [1.29, 1.82) is 0 Å². The zero-order valence-electron chi connectivity index (χ0n) is 10.3. The van der Waals surface area contributed by atoms with Crippen molar-refractivity contribution in [3.8, 4) is 0 Å². The third-order valence-corrected chi connectivity index (χ3v) is 3.04. The van der Waals surface area contributed by atoms with Gasteiger partial charge in [-0.1, -0.05) is 11.6 Å². The predicted molar refractivity (Wildman–Crippen MR) is 70.5 cm³/mol. The number of nitrogens with one attached hydrogen (secondary N) is 1. The highest BCUT2D eigenvalue weighted by Gasteiger charge is 2.17. The normalized spacial score (nSPS) is 10.4. The number of rotatable bonds is 2. The molecule has 2 aromatic carbocycles. The van der Waals surface area contributed by atoms with E-state index >= 15 is 0 Å². The molecular formula is C14H9ClF3NO. The molecule has 0 unspecified atom stereocenters. The third-order valence-electron chi connectivity index (χ3n) is 2.70. The molecule has 0 saturated carbocycles. The number of hydrogen-bond donors (Lipinski definition) is 1. The van der Waals surface area contributed by atoms with Crippen molar-refractivity contribution in [2.24, 2.45) is 0 Å². The Labute approximate surface area is 118 Å². The first kappa shape index (κ1) is 14.4. The van der Waals surface area contributed by atoms with E-state index in [9.17, 15) is 18.0 Å². The van der Waals surface area contributed by atoms with Crippen molar-refractivity contribution in [3.05, 3.63) is 63.9 Å². The van der Waals surface area contributed by atoms with E-state index in [2.05, 4.69) is 5.32 Å². The Balaban J connectivity index is 2.28. The molecule has 6 heteroatoms. The fourth-order valence-corrected chi connectivity index (χ4v) is 1.79. The number of anilines is 1. The van der Waals surface area contributed by atoms with Gasteiger partial charge in [0.25, 0.3) is 5.91 Å². The smallest absolute Gasteiger partial charge is 0.258 e. The molecule has 0 aliphatic carbocycles. The highest BCUT2D eigenvalue weighted by Crippen LogP contribution is 2.23. The van der Waals surface area contributed by atoms with Crippen LogP contribution in [0.5, 0.6) is 0 Å². The maximum Gasteiger partial charge on any atom is 0.258 e. The molecule has 0 saturated heterocycles. The second-order valence-electron chi connectivity index (χ2n) is 4.14. The molecule has 0 radical (unpaired) electrons. The van der Waals surface area contributed by atoms with Crippen molar-refractivity contribution < 1.29 is 18.0 Å². The number of aryl methyl sites for hydroxylation is 1. The van der Waals surface area contributed by atoms with Crippen molar-refractivity contribution >= 4 is 23.2 Å². The average molecular weight is 300 g/mol. The van der Waals surface area contributed by atoms with E-state index in [0.717, 1.165) is 12.1 Å². The van der Waals surface area contributed by atoms with Gasteiger partial charge in [0.15, 0.2) is 5.82 Å². The Hall–Kier alpha value is -2.01. The molecule has 0 aliphatic rings. The van der Waals surface area contributed by atoms with Crippen LogP contribution in [0.3, 0.4) is 0 Å². The topological polar surface area (TPSA) is 29.1 Å². The van der Waals surface area contributed by atoms with Crippen molar-refractivity contribution in [1.82, 2.24) is 0 Å². The van der Waals surface area contributed by atoms with Crippen molar-refractivity contribution in [2.45, 2.75) is 6.92 Å². The Morgan fingerprint density at radius 3 is 2.40 bits per heavy atom. The lowest BCUT2D eigenvalue weighted by atomic mass is 10.1. The summed E-state index contributed by atoms with van der Waals surface area (Å²) in [4.78, 5) is 11.9. The lowest BCUT2D eigenvalue weighted by molar-refractivity contribution is 0.102. The Kier molecular flexibility index (Phi) is 3.99. The van der Waals surface area contributed by atoms with Crippen LogP contribution in [0.1, 0.15) is 15.9 Å². The predicted octanol–water partition coefficient (Wildman–Crippen LogP) is 4.32. The van der Waals surface area contributed by atoms with Gasteiger partial charge in [-0.05, 0) is 42.8 Å². The molecule has 0 heterocycles. The van der Waals surface area contributed by atoms with E-state index in [1.165, 1.54) is 25.1 Å². The fourth-order valence-electron chi connectivity index (χ4n) is 1.62. The van der Waals surface area contributed by atoms with E-state index in [1.54, 1.807) is 0 Å². The monoisotopic (exact) mass is 299 g/mol. The van der Waals surface area contributed by atoms with Crippen LogP contribution < -0.4 is 5.32 Å². The van der Waals surface area contributed by atoms with Gasteiger partial charge in [-0.25, -0.2) is 13.2 Å². The van der Waals surface area contributed by atoms with Gasteiger partial charge in [-0.15, -0.1) is 0 Å². The summed E-state index contributed by atoms with van der Waals surface area (Å²) >= 11 is 5.40.